The van der Waals surface area contributed by atoms with E-state index in [1.807, 2.05) is 0 Å². The zero-order valence-electron chi connectivity index (χ0n) is 4.64. The van der Waals surface area contributed by atoms with Crippen LogP contribution in [-0.4, -0.2) is 11.8 Å². The smallest absolute Gasteiger partial charge is 0.138 e. The molecular weight excluding hydrogens is 108 g/mol. The first kappa shape index (κ1) is 7.14. The lowest BCUT2D eigenvalue weighted by molar-refractivity contribution is -0.304. The van der Waals surface area contributed by atoms with E-state index in [0.717, 1.165) is 0 Å². The second-order valence-corrected chi connectivity index (χ2v) is 1.44. The fourth-order valence-electron chi connectivity index (χ4n) is 0.286. The molecule has 0 spiro atoms. The number of rotatable bonds is 3. The lowest BCUT2D eigenvalue weighted by Gasteiger charge is -1.95. The summed E-state index contributed by atoms with van der Waals surface area (Å²) in [5, 5.41) is 9.64. The van der Waals surface area contributed by atoms with Crippen LogP contribution >= 0.6 is 0 Å². The Morgan fingerprint density at radius 2 is 2.00 bits per heavy atom. The Kier molecular flexibility index (Phi) is 2.84. The first-order valence-corrected chi connectivity index (χ1v) is 2.38. The molecule has 3 heteroatoms. The van der Waals surface area contributed by atoms with Crippen LogP contribution in [-0.2, 0) is 9.59 Å². The van der Waals surface area contributed by atoms with E-state index in [0.29, 0.717) is 0 Å². The average Bonchev–Trinajstić information content (AvgIpc) is 1.65. The molecule has 0 saturated heterocycles. The molecule has 0 N–H and O–H groups in total. The molecule has 0 amide bonds. The molecule has 0 aliphatic rings. The zero-order valence-corrected chi connectivity index (χ0v) is 4.64. The van der Waals surface area contributed by atoms with Crippen LogP contribution in [0, 0.1) is 0 Å². The Morgan fingerprint density at radius 1 is 1.50 bits per heavy atom. The van der Waals surface area contributed by atoms with Gasteiger partial charge in [-0.05, 0) is 0 Å². The highest BCUT2D eigenvalue weighted by molar-refractivity contribution is 5.93. The predicted molar refractivity (Wildman–Crippen MR) is 24.9 cm³/mol. The van der Waals surface area contributed by atoms with E-state index >= 15 is 0 Å². The fourth-order valence-corrected chi connectivity index (χ4v) is 0.286. The van der Waals surface area contributed by atoms with Crippen molar-refractivity contribution in [3.8, 4) is 0 Å². The molecule has 0 aliphatic heterocycles. The second-order valence-electron chi connectivity index (χ2n) is 1.44. The van der Waals surface area contributed by atoms with Gasteiger partial charge in [0, 0.05) is 18.8 Å². The molecule has 3 nitrogen and oxygen atoms in total. The van der Waals surface area contributed by atoms with Crippen LogP contribution in [0.5, 0.6) is 0 Å². The molecule has 0 radical (unpaired) electrons. The molecule has 0 fully saturated rings. The lowest BCUT2D eigenvalue weighted by Crippen LogP contribution is -2.24. The maximum Gasteiger partial charge on any atom is 0.138 e. The maximum atomic E-state index is 10.2. The van der Waals surface area contributed by atoms with Crippen molar-refractivity contribution in [2.45, 2.75) is 19.8 Å². The summed E-state index contributed by atoms with van der Waals surface area (Å²) in [6.07, 6.45) is -0.176. The van der Waals surface area contributed by atoms with Crippen molar-refractivity contribution in [2.24, 2.45) is 0 Å². The third-order valence-corrected chi connectivity index (χ3v) is 0.736. The first-order valence-electron chi connectivity index (χ1n) is 2.38. The molecule has 0 rings (SSSR count). The molecule has 0 unspecified atom stereocenters. The van der Waals surface area contributed by atoms with Gasteiger partial charge in [0.1, 0.15) is 5.78 Å². The van der Waals surface area contributed by atoms with Crippen LogP contribution in [0.2, 0.25) is 0 Å². The summed E-state index contributed by atoms with van der Waals surface area (Å²) in [4.78, 5) is 19.8. The summed E-state index contributed by atoms with van der Waals surface area (Å²) < 4.78 is 0. The Hall–Kier alpha value is -0.860. The molecule has 0 bridgehead atoms. The minimum Gasteiger partial charge on any atom is -0.550 e. The van der Waals surface area contributed by atoms with Crippen molar-refractivity contribution in [1.29, 1.82) is 0 Å². The van der Waals surface area contributed by atoms with Crippen molar-refractivity contribution >= 4 is 11.8 Å². The molecule has 8 heavy (non-hydrogen) atoms. The van der Waals surface area contributed by atoms with E-state index in [9.17, 15) is 14.7 Å². The Labute approximate surface area is 47.3 Å². The molecule has 0 heterocycles. The Morgan fingerprint density at radius 3 is 2.12 bits per heavy atom. The fraction of sp³-hybridized carbons (Fsp3) is 0.600. The zero-order chi connectivity index (χ0) is 6.57. The number of aliphatic carboxylic acids is 1. The largest absolute Gasteiger partial charge is 0.550 e. The van der Waals surface area contributed by atoms with E-state index in [1.54, 1.807) is 6.92 Å². The number of carbonyl (C=O) groups is 2. The number of hydrogen-bond acceptors (Lipinski definition) is 3. The summed E-state index contributed by atoms with van der Waals surface area (Å²) in [6.45, 7) is 1.62. The Balaban J connectivity index is 3.40. The highest BCUT2D eigenvalue weighted by Gasteiger charge is 1.95. The van der Waals surface area contributed by atoms with Gasteiger partial charge in [0.2, 0.25) is 0 Å². The van der Waals surface area contributed by atoms with Gasteiger partial charge in [-0.2, -0.15) is 0 Å². The maximum absolute atomic E-state index is 10.2. The van der Waals surface area contributed by atoms with Gasteiger partial charge < -0.3 is 9.90 Å². The van der Waals surface area contributed by atoms with Gasteiger partial charge in [-0.25, -0.2) is 0 Å². The number of carboxylic acids is 1. The standard InChI is InChI=1S/C5H8O3/c1-2-4(6)3-5(7)8/h2-3H2,1H3,(H,7,8)/p-1. The molecule has 0 saturated carbocycles. The van der Waals surface area contributed by atoms with Crippen LogP contribution in [0.3, 0.4) is 0 Å². The quantitative estimate of drug-likeness (QED) is 0.448. The van der Waals surface area contributed by atoms with Crippen LogP contribution in [0.1, 0.15) is 19.8 Å². The van der Waals surface area contributed by atoms with E-state index in [1.165, 1.54) is 0 Å². The molecule has 46 valence electrons. The number of Topliss-reactive ketones (excluding diaryl/α,β-unsaturated/α-hetero) is 1. The van der Waals surface area contributed by atoms with Gasteiger partial charge >= 0.3 is 0 Å². The van der Waals surface area contributed by atoms with Gasteiger partial charge in [0.05, 0.1) is 0 Å². The van der Waals surface area contributed by atoms with Gasteiger partial charge in [0.25, 0.3) is 0 Å². The number of ketones is 1. The van der Waals surface area contributed by atoms with Crippen molar-refractivity contribution in [2.75, 3.05) is 0 Å². The first-order chi connectivity index (χ1) is 3.66. The van der Waals surface area contributed by atoms with Crippen LogP contribution in [0.15, 0.2) is 0 Å². The van der Waals surface area contributed by atoms with Gasteiger partial charge in [-0.1, -0.05) is 6.92 Å². The van der Waals surface area contributed by atoms with E-state index < -0.39 is 12.4 Å². The van der Waals surface area contributed by atoms with Crippen molar-refractivity contribution in [1.82, 2.24) is 0 Å². The summed E-state index contributed by atoms with van der Waals surface area (Å²) in [5.74, 6) is -1.58. The van der Waals surface area contributed by atoms with Crippen molar-refractivity contribution < 1.29 is 14.7 Å². The SMILES string of the molecule is CCC(=O)CC(=O)[O-]. The highest BCUT2D eigenvalue weighted by atomic mass is 16.4. The van der Waals surface area contributed by atoms with Gasteiger partial charge in [-0.15, -0.1) is 0 Å². The van der Waals surface area contributed by atoms with Crippen molar-refractivity contribution in [3.63, 3.8) is 0 Å². The second kappa shape index (κ2) is 3.18. The molecule has 0 aliphatic carbocycles. The third-order valence-electron chi connectivity index (χ3n) is 0.736. The monoisotopic (exact) mass is 115 g/mol. The summed E-state index contributed by atoms with van der Waals surface area (Å²) >= 11 is 0. The number of hydrogen-bond donors (Lipinski definition) is 0. The van der Waals surface area contributed by atoms with Gasteiger partial charge in [0.15, 0.2) is 0 Å². The van der Waals surface area contributed by atoms with Gasteiger partial charge in [-0.3, -0.25) is 4.79 Å². The lowest BCUT2D eigenvalue weighted by atomic mass is 10.2. The molecule has 0 aromatic heterocycles. The highest BCUT2D eigenvalue weighted by Crippen LogP contribution is 1.84. The van der Waals surface area contributed by atoms with Crippen LogP contribution in [0.25, 0.3) is 0 Å². The topological polar surface area (TPSA) is 57.2 Å². The molecular formula is C5H7O3-. The van der Waals surface area contributed by atoms with Crippen LogP contribution in [0.4, 0.5) is 0 Å². The van der Waals surface area contributed by atoms with Crippen molar-refractivity contribution in [3.05, 3.63) is 0 Å². The van der Waals surface area contributed by atoms with E-state index in [4.69, 9.17) is 0 Å². The minimum atomic E-state index is -1.29. The Bertz CT molecular complexity index is 106. The third kappa shape index (κ3) is 3.33. The average molecular weight is 115 g/mol. The number of carboxylic acid groups (broad SMARTS) is 1. The summed E-state index contributed by atoms with van der Waals surface area (Å²) in [6, 6.07) is 0. The molecule has 0 atom stereocenters. The molecule has 0 aromatic rings. The normalized spacial score (nSPS) is 8.62. The summed E-state index contributed by atoms with van der Waals surface area (Å²) in [7, 11) is 0. The van der Waals surface area contributed by atoms with Crippen LogP contribution < -0.4 is 5.11 Å². The molecule has 0 aromatic carbocycles. The van der Waals surface area contributed by atoms with E-state index in [-0.39, 0.29) is 12.2 Å². The van der Waals surface area contributed by atoms with E-state index in [2.05, 4.69) is 0 Å². The minimum absolute atomic E-state index is 0.272. The number of carbonyl (C=O) groups excluding carboxylic acids is 2. The predicted octanol–water partition coefficient (Wildman–Crippen LogP) is -0.895. The summed E-state index contributed by atoms with van der Waals surface area (Å²) in [5.41, 5.74) is 0.